The summed E-state index contributed by atoms with van der Waals surface area (Å²) in [4.78, 5) is 24.6. The van der Waals surface area contributed by atoms with E-state index in [1.54, 1.807) is 18.2 Å². The lowest BCUT2D eigenvalue weighted by Gasteiger charge is -2.30. The lowest BCUT2D eigenvalue weighted by atomic mass is 9.92. The monoisotopic (exact) mass is 587 g/mol. The Labute approximate surface area is 247 Å². The first-order valence-electron chi connectivity index (χ1n) is 14.2. The molecule has 0 aliphatic carbocycles. The minimum Gasteiger partial charge on any atom is -0.465 e. The van der Waals surface area contributed by atoms with E-state index in [4.69, 9.17) is 31.0 Å². The molecule has 0 radical (unpaired) electrons. The lowest BCUT2D eigenvalue weighted by Crippen LogP contribution is -2.35. The molecule has 1 unspecified atom stereocenters. The van der Waals surface area contributed by atoms with Crippen molar-refractivity contribution in [3.63, 3.8) is 0 Å². The number of methoxy groups -OCH3 is 1. The van der Waals surface area contributed by atoms with Gasteiger partial charge in [-0.3, -0.25) is 4.90 Å². The molecule has 0 spiro atoms. The second-order valence-corrected chi connectivity index (χ2v) is 11.5. The van der Waals surface area contributed by atoms with Gasteiger partial charge in [0.25, 0.3) is 0 Å². The number of carbonyl (C=O) groups is 1. The number of imidazole rings is 2. The van der Waals surface area contributed by atoms with Crippen LogP contribution in [-0.2, 0) is 35.7 Å². The zero-order valence-electron chi connectivity index (χ0n) is 23.5. The van der Waals surface area contributed by atoms with E-state index in [9.17, 15) is 9.18 Å². The minimum atomic E-state index is -0.367. The first kappa shape index (κ1) is 27.1. The van der Waals surface area contributed by atoms with Gasteiger partial charge in [0.2, 0.25) is 0 Å². The quantitative estimate of drug-likeness (QED) is 0.220. The number of ether oxygens (including phenoxy) is 2. The van der Waals surface area contributed by atoms with Crippen LogP contribution < -0.4 is 0 Å². The van der Waals surface area contributed by atoms with Crippen LogP contribution in [0.5, 0.6) is 0 Å². The van der Waals surface area contributed by atoms with Gasteiger partial charge in [-0.05, 0) is 53.9 Å². The lowest BCUT2D eigenvalue weighted by molar-refractivity contribution is -0.0592. The van der Waals surface area contributed by atoms with Crippen molar-refractivity contribution in [1.29, 1.82) is 0 Å². The Morgan fingerprint density at radius 1 is 1.12 bits per heavy atom. The molecule has 1 saturated heterocycles. The van der Waals surface area contributed by atoms with E-state index in [1.807, 2.05) is 31.2 Å². The summed E-state index contributed by atoms with van der Waals surface area (Å²) in [5.41, 5.74) is 5.81. The van der Waals surface area contributed by atoms with E-state index in [2.05, 4.69) is 20.1 Å². The van der Waals surface area contributed by atoms with Crippen LogP contribution in [0.2, 0.25) is 5.02 Å². The molecule has 2 aliphatic heterocycles. The van der Waals surface area contributed by atoms with Gasteiger partial charge in [-0.15, -0.1) is 0 Å². The fourth-order valence-electron chi connectivity index (χ4n) is 6.19. The average Bonchev–Trinajstić information content (AvgIpc) is 3.50. The van der Waals surface area contributed by atoms with E-state index in [1.165, 1.54) is 13.2 Å². The van der Waals surface area contributed by atoms with E-state index in [0.29, 0.717) is 35.8 Å². The van der Waals surface area contributed by atoms with Crippen molar-refractivity contribution in [3.8, 4) is 0 Å². The highest BCUT2D eigenvalue weighted by molar-refractivity contribution is 6.30. The number of carbonyl (C=O) groups excluding carboxylic acids is 1. The third-order valence-electron chi connectivity index (χ3n) is 8.58. The molecule has 0 amide bonds. The number of benzene rings is 3. The fourth-order valence-corrected chi connectivity index (χ4v) is 6.34. The van der Waals surface area contributed by atoms with Crippen molar-refractivity contribution >= 4 is 39.6 Å². The molecular weight excluding hydrogens is 557 g/mol. The van der Waals surface area contributed by atoms with Gasteiger partial charge >= 0.3 is 5.97 Å². The van der Waals surface area contributed by atoms with Crippen LogP contribution in [0, 0.1) is 5.82 Å². The normalized spacial score (nSPS) is 17.8. The molecule has 4 heterocycles. The number of fused-ring (bicyclic) bond motifs is 4. The summed E-state index contributed by atoms with van der Waals surface area (Å²) in [7, 11) is 1.39. The number of aromatic nitrogens is 4. The molecule has 2 aromatic heterocycles. The smallest absolute Gasteiger partial charge is 0.337 e. The molecule has 2 aliphatic rings. The number of hydrogen-bond acceptors (Lipinski definition) is 6. The molecule has 1 fully saturated rings. The first-order valence-corrected chi connectivity index (χ1v) is 14.6. The number of rotatable bonds is 7. The second-order valence-electron chi connectivity index (χ2n) is 11.1. The van der Waals surface area contributed by atoms with Crippen molar-refractivity contribution in [3.05, 3.63) is 93.8 Å². The molecule has 8 nitrogen and oxygen atoms in total. The predicted octanol–water partition coefficient (Wildman–Crippen LogP) is 5.92. The molecule has 0 saturated carbocycles. The summed E-state index contributed by atoms with van der Waals surface area (Å²) < 4.78 is 30.0. The molecule has 10 heteroatoms. The van der Waals surface area contributed by atoms with Crippen molar-refractivity contribution in [1.82, 2.24) is 24.0 Å². The van der Waals surface area contributed by atoms with E-state index < -0.39 is 0 Å². The molecule has 0 bridgehead atoms. The highest BCUT2D eigenvalue weighted by Crippen LogP contribution is 2.34. The zero-order valence-corrected chi connectivity index (χ0v) is 24.3. The zero-order chi connectivity index (χ0) is 29.0. The fraction of sp³-hybridized carbons (Fsp3) is 0.344. The van der Waals surface area contributed by atoms with Gasteiger partial charge in [0, 0.05) is 30.6 Å². The largest absolute Gasteiger partial charge is 0.465 e. The van der Waals surface area contributed by atoms with E-state index >= 15 is 0 Å². The summed E-state index contributed by atoms with van der Waals surface area (Å²) in [6.45, 7) is 6.39. The van der Waals surface area contributed by atoms with Crippen LogP contribution in [0.25, 0.3) is 22.1 Å². The average molecular weight is 588 g/mol. The SMILES string of the molecule is COC(=O)c1ccc2nc(CN3CCn4c(nc5c(C(C)c6ccc(Cl)cc6F)cccc54)C3)n(C[C@@H]3CCO3)c2c1. The van der Waals surface area contributed by atoms with Gasteiger partial charge in [-0.25, -0.2) is 19.2 Å². The number of hydrogen-bond donors (Lipinski definition) is 0. The Kier molecular flexibility index (Phi) is 6.96. The topological polar surface area (TPSA) is 74.4 Å². The Morgan fingerprint density at radius 3 is 2.74 bits per heavy atom. The van der Waals surface area contributed by atoms with Crippen molar-refractivity contribution in [2.45, 2.75) is 51.5 Å². The van der Waals surface area contributed by atoms with Crippen LogP contribution >= 0.6 is 11.6 Å². The predicted molar refractivity (Wildman–Crippen MR) is 158 cm³/mol. The van der Waals surface area contributed by atoms with Crippen molar-refractivity contribution in [2.24, 2.45) is 0 Å². The van der Waals surface area contributed by atoms with Gasteiger partial charge in [0.15, 0.2) is 0 Å². The maximum absolute atomic E-state index is 14.8. The minimum absolute atomic E-state index is 0.138. The Hall–Kier alpha value is -3.79. The molecule has 216 valence electrons. The van der Waals surface area contributed by atoms with Crippen molar-refractivity contribution in [2.75, 3.05) is 20.3 Å². The Bertz CT molecular complexity index is 1830. The molecule has 0 N–H and O–H groups in total. The van der Waals surface area contributed by atoms with Crippen molar-refractivity contribution < 1.29 is 18.7 Å². The maximum Gasteiger partial charge on any atom is 0.337 e. The van der Waals surface area contributed by atoms with Gasteiger partial charge in [-0.2, -0.15) is 0 Å². The van der Waals surface area contributed by atoms with E-state index in [-0.39, 0.29) is 23.8 Å². The van der Waals surface area contributed by atoms with Crippen LogP contribution in [0.15, 0.2) is 54.6 Å². The van der Waals surface area contributed by atoms with E-state index in [0.717, 1.165) is 65.4 Å². The summed E-state index contributed by atoms with van der Waals surface area (Å²) in [5, 5.41) is 0.386. The molecule has 5 aromatic rings. The molecule has 7 rings (SSSR count). The second kappa shape index (κ2) is 10.8. The third kappa shape index (κ3) is 4.75. The summed E-state index contributed by atoms with van der Waals surface area (Å²) in [5.74, 6) is 1.05. The highest BCUT2D eigenvalue weighted by Gasteiger charge is 2.27. The summed E-state index contributed by atoms with van der Waals surface area (Å²) in [6, 6.07) is 16.5. The number of halogens is 2. The van der Waals surface area contributed by atoms with Gasteiger partial charge < -0.3 is 18.6 Å². The van der Waals surface area contributed by atoms with Crippen LogP contribution in [0.3, 0.4) is 0 Å². The Balaban J connectivity index is 1.19. The number of para-hydroxylation sites is 1. The standard InChI is InChI=1S/C32H31ClFN5O3/c1-19(23-8-7-21(33)15-25(23)34)24-4-3-5-27-31(24)36-30-18-37(11-12-38(27)30)17-29-35-26-9-6-20(32(40)41-2)14-28(26)39(29)16-22-10-13-42-22/h3-9,14-15,19,22H,10-13,16-18H2,1-2H3/t19?,22-/m0/s1. The number of nitrogens with zero attached hydrogens (tertiary/aromatic N) is 5. The first-order chi connectivity index (χ1) is 20.4. The molecule has 42 heavy (non-hydrogen) atoms. The van der Waals surface area contributed by atoms with Gasteiger partial charge in [0.1, 0.15) is 17.5 Å². The molecule has 2 atom stereocenters. The van der Waals surface area contributed by atoms with Gasteiger partial charge in [0.05, 0.1) is 60.5 Å². The molecule has 3 aromatic carbocycles. The van der Waals surface area contributed by atoms with Gasteiger partial charge in [-0.1, -0.05) is 36.7 Å². The van der Waals surface area contributed by atoms with Crippen LogP contribution in [-0.4, -0.2) is 56.3 Å². The van der Waals surface area contributed by atoms with Crippen LogP contribution in [0.1, 0.15) is 52.4 Å². The summed E-state index contributed by atoms with van der Waals surface area (Å²) >= 11 is 6.01. The summed E-state index contributed by atoms with van der Waals surface area (Å²) in [6.07, 6.45) is 1.14. The Morgan fingerprint density at radius 2 is 1.98 bits per heavy atom. The number of esters is 1. The van der Waals surface area contributed by atoms with Crippen LogP contribution in [0.4, 0.5) is 4.39 Å². The highest BCUT2D eigenvalue weighted by atomic mass is 35.5. The maximum atomic E-state index is 14.8. The molecular formula is C32H31ClFN5O3. The third-order valence-corrected chi connectivity index (χ3v) is 8.82.